The molecular formula is C38H34N4O9. The van der Waals surface area contributed by atoms with E-state index in [-0.39, 0.29) is 51.9 Å². The first-order valence-corrected chi connectivity index (χ1v) is 16.0. The summed E-state index contributed by atoms with van der Waals surface area (Å²) in [5, 5.41) is 25.2. The number of aromatic carboxylic acids is 2. The number of furan rings is 1. The fraction of sp³-hybridized carbons (Fsp3) is 0.184. The Balaban J connectivity index is 1.52. The summed E-state index contributed by atoms with van der Waals surface area (Å²) in [7, 11) is 0. The van der Waals surface area contributed by atoms with E-state index in [1.807, 2.05) is 13.8 Å². The van der Waals surface area contributed by atoms with Crippen molar-refractivity contribution in [3.63, 3.8) is 0 Å². The first-order chi connectivity index (χ1) is 24.3. The molecule has 13 nitrogen and oxygen atoms in total. The number of ether oxygens (including phenoxy) is 1. The highest BCUT2D eigenvalue weighted by Gasteiger charge is 2.33. The molecule has 3 heterocycles. The second kappa shape index (κ2) is 13.7. The maximum Gasteiger partial charge on any atom is 0.338 e. The summed E-state index contributed by atoms with van der Waals surface area (Å²) < 4.78 is 14.2. The van der Waals surface area contributed by atoms with Crippen LogP contribution in [0.15, 0.2) is 98.9 Å². The molecule has 6 aromatic rings. The van der Waals surface area contributed by atoms with E-state index >= 15 is 0 Å². The molecule has 0 saturated carbocycles. The van der Waals surface area contributed by atoms with Crippen LogP contribution < -0.4 is 11.1 Å². The standard InChI is InChI=1S/C38H34N4O9/c1-20(2)19-50-38(49)26-11-5-8-23(16-26)29-14-15-30(51-29)33(31-21(3)39-41(34(31)43)27-12-6-9-24(17-27)36(45)46)32-22(4)40-42(35(32)44)28-13-7-10-25(18-28)37(47)48/h5-18,20,33,39-40H,19H2,1-4H3,(H,45,46)(H,47,48). The molecule has 260 valence electrons. The number of carbonyl (C=O) groups excluding carboxylic acids is 1. The van der Waals surface area contributed by atoms with Crippen LogP contribution >= 0.6 is 0 Å². The Labute approximate surface area is 290 Å². The van der Waals surface area contributed by atoms with Gasteiger partial charge >= 0.3 is 17.9 Å². The van der Waals surface area contributed by atoms with Crippen molar-refractivity contribution in [3.8, 4) is 22.7 Å². The Morgan fingerprint density at radius 3 is 1.75 bits per heavy atom. The summed E-state index contributed by atoms with van der Waals surface area (Å²) in [6, 6.07) is 21.8. The summed E-state index contributed by atoms with van der Waals surface area (Å²) >= 11 is 0. The minimum absolute atomic E-state index is 0.0243. The molecule has 3 aromatic carbocycles. The van der Waals surface area contributed by atoms with Gasteiger partial charge in [-0.3, -0.25) is 19.8 Å². The number of benzene rings is 3. The second-order valence-electron chi connectivity index (χ2n) is 12.5. The van der Waals surface area contributed by atoms with Crippen molar-refractivity contribution < 1.29 is 33.8 Å². The summed E-state index contributed by atoms with van der Waals surface area (Å²) in [6.07, 6.45) is 0. The summed E-state index contributed by atoms with van der Waals surface area (Å²) in [5.74, 6) is -3.15. The highest BCUT2D eigenvalue weighted by Crippen LogP contribution is 2.36. The molecule has 0 amide bonds. The molecule has 0 atom stereocenters. The SMILES string of the molecule is Cc1[nH]n(-c2cccc(C(=O)O)c2)c(=O)c1C(c1ccc(-c2cccc(C(=O)OCC(C)C)c2)o1)c1c(C)[nH]n(-c2cccc(C(=O)O)c2)c1=O. The third kappa shape index (κ3) is 6.69. The van der Waals surface area contributed by atoms with Crippen LogP contribution in [-0.4, -0.2) is 54.3 Å². The average molecular weight is 691 g/mol. The van der Waals surface area contributed by atoms with E-state index in [0.29, 0.717) is 28.3 Å². The molecule has 0 bridgehead atoms. The Morgan fingerprint density at radius 1 is 0.725 bits per heavy atom. The van der Waals surface area contributed by atoms with E-state index in [0.717, 1.165) is 0 Å². The van der Waals surface area contributed by atoms with E-state index in [1.165, 1.54) is 45.8 Å². The van der Waals surface area contributed by atoms with Gasteiger partial charge in [0.05, 0.1) is 51.7 Å². The number of hydrogen-bond acceptors (Lipinski definition) is 7. The lowest BCUT2D eigenvalue weighted by Gasteiger charge is -2.13. The van der Waals surface area contributed by atoms with Crippen molar-refractivity contribution in [3.05, 3.63) is 151 Å². The highest BCUT2D eigenvalue weighted by atomic mass is 16.5. The second-order valence-corrected chi connectivity index (χ2v) is 12.5. The lowest BCUT2D eigenvalue weighted by molar-refractivity contribution is 0.0458. The molecule has 0 spiro atoms. The largest absolute Gasteiger partial charge is 0.478 e. The minimum atomic E-state index is -1.16. The van der Waals surface area contributed by atoms with E-state index in [4.69, 9.17) is 9.15 Å². The van der Waals surface area contributed by atoms with Crippen molar-refractivity contribution in [1.29, 1.82) is 0 Å². The van der Waals surface area contributed by atoms with Crippen LogP contribution in [0.4, 0.5) is 0 Å². The molecular weight excluding hydrogens is 656 g/mol. The van der Waals surface area contributed by atoms with Gasteiger partial charge < -0.3 is 19.4 Å². The van der Waals surface area contributed by atoms with Crippen molar-refractivity contribution in [2.75, 3.05) is 6.61 Å². The molecule has 0 fully saturated rings. The number of rotatable bonds is 11. The van der Waals surface area contributed by atoms with Crippen molar-refractivity contribution in [2.24, 2.45) is 5.92 Å². The molecule has 6 rings (SSSR count). The van der Waals surface area contributed by atoms with Gasteiger partial charge in [-0.05, 0) is 80.4 Å². The molecule has 13 heteroatoms. The van der Waals surface area contributed by atoms with Crippen molar-refractivity contribution >= 4 is 17.9 Å². The monoisotopic (exact) mass is 690 g/mol. The molecule has 3 aromatic heterocycles. The number of aryl methyl sites for hydroxylation is 2. The molecule has 0 saturated heterocycles. The molecule has 0 aliphatic carbocycles. The zero-order valence-electron chi connectivity index (χ0n) is 28.1. The number of nitrogens with one attached hydrogen (secondary N) is 2. The number of esters is 1. The summed E-state index contributed by atoms with van der Waals surface area (Å²) in [5.41, 5.74) is 1.36. The zero-order valence-corrected chi connectivity index (χ0v) is 28.1. The van der Waals surface area contributed by atoms with E-state index in [1.54, 1.807) is 62.4 Å². The van der Waals surface area contributed by atoms with Crippen LogP contribution in [0.3, 0.4) is 0 Å². The number of carboxylic acid groups (broad SMARTS) is 2. The number of carbonyl (C=O) groups is 3. The maximum atomic E-state index is 14.3. The van der Waals surface area contributed by atoms with E-state index in [2.05, 4.69) is 10.2 Å². The number of carboxylic acids is 2. The van der Waals surface area contributed by atoms with Crippen LogP contribution in [0.1, 0.15) is 79.1 Å². The minimum Gasteiger partial charge on any atom is -0.478 e. The molecule has 0 aliphatic heterocycles. The Morgan fingerprint density at radius 2 is 1.24 bits per heavy atom. The fourth-order valence-electron chi connectivity index (χ4n) is 5.94. The van der Waals surface area contributed by atoms with Gasteiger partial charge in [0, 0.05) is 17.0 Å². The molecule has 51 heavy (non-hydrogen) atoms. The Kier molecular flexibility index (Phi) is 9.20. The molecule has 0 radical (unpaired) electrons. The van der Waals surface area contributed by atoms with Crippen LogP contribution in [0.25, 0.3) is 22.7 Å². The number of hydrogen-bond donors (Lipinski definition) is 4. The van der Waals surface area contributed by atoms with Crippen LogP contribution in [0.5, 0.6) is 0 Å². The lowest BCUT2D eigenvalue weighted by Crippen LogP contribution is -2.25. The number of aromatic amines is 2. The third-order valence-corrected chi connectivity index (χ3v) is 8.36. The van der Waals surface area contributed by atoms with Gasteiger partial charge in [-0.2, -0.15) is 0 Å². The van der Waals surface area contributed by atoms with Gasteiger partial charge in [0.1, 0.15) is 11.5 Å². The predicted molar refractivity (Wildman–Crippen MR) is 186 cm³/mol. The van der Waals surface area contributed by atoms with Gasteiger partial charge in [0.15, 0.2) is 0 Å². The van der Waals surface area contributed by atoms with Crippen molar-refractivity contribution in [1.82, 2.24) is 19.6 Å². The normalized spacial score (nSPS) is 11.3. The molecule has 0 unspecified atom stereocenters. The van der Waals surface area contributed by atoms with Crippen LogP contribution in [-0.2, 0) is 4.74 Å². The number of H-pyrrole nitrogens is 2. The van der Waals surface area contributed by atoms with Crippen LogP contribution in [0.2, 0.25) is 0 Å². The Hall–Kier alpha value is -6.63. The Bertz CT molecular complexity index is 2310. The number of nitrogens with zero attached hydrogens (tertiary/aromatic N) is 2. The van der Waals surface area contributed by atoms with Gasteiger partial charge in [-0.25, -0.2) is 23.7 Å². The van der Waals surface area contributed by atoms with E-state index < -0.39 is 34.9 Å². The first-order valence-electron chi connectivity index (χ1n) is 16.0. The van der Waals surface area contributed by atoms with Crippen molar-refractivity contribution in [2.45, 2.75) is 33.6 Å². The molecule has 4 N–H and O–H groups in total. The third-order valence-electron chi connectivity index (χ3n) is 8.36. The van der Waals surface area contributed by atoms with Gasteiger partial charge in [-0.15, -0.1) is 0 Å². The van der Waals surface area contributed by atoms with E-state index in [9.17, 15) is 34.2 Å². The van der Waals surface area contributed by atoms with Crippen LogP contribution in [0, 0.1) is 19.8 Å². The topological polar surface area (TPSA) is 190 Å². The van der Waals surface area contributed by atoms with Gasteiger partial charge in [0.25, 0.3) is 11.1 Å². The smallest absolute Gasteiger partial charge is 0.338 e. The highest BCUT2D eigenvalue weighted by molar-refractivity contribution is 5.91. The predicted octanol–water partition coefficient (Wildman–Crippen LogP) is 5.91. The maximum absolute atomic E-state index is 14.3. The fourth-order valence-corrected chi connectivity index (χ4v) is 5.94. The first kappa shape index (κ1) is 34.2. The quantitative estimate of drug-likeness (QED) is 0.120. The lowest BCUT2D eigenvalue weighted by atomic mass is 9.89. The summed E-state index contributed by atoms with van der Waals surface area (Å²) in [6.45, 7) is 7.46. The number of aromatic nitrogens is 4. The summed E-state index contributed by atoms with van der Waals surface area (Å²) in [4.78, 5) is 64.7. The molecule has 0 aliphatic rings. The average Bonchev–Trinajstić information content (AvgIpc) is 3.80. The van der Waals surface area contributed by atoms with Gasteiger partial charge in [-0.1, -0.05) is 38.1 Å². The zero-order chi connectivity index (χ0) is 36.6. The van der Waals surface area contributed by atoms with Gasteiger partial charge in [0.2, 0.25) is 0 Å².